The van der Waals surface area contributed by atoms with E-state index in [-0.39, 0.29) is 18.1 Å². The van der Waals surface area contributed by atoms with Crippen LogP contribution in [-0.4, -0.2) is 58.2 Å². The van der Waals surface area contributed by atoms with Crippen LogP contribution in [0.25, 0.3) is 0 Å². The van der Waals surface area contributed by atoms with Crippen molar-refractivity contribution in [1.82, 2.24) is 9.91 Å². The van der Waals surface area contributed by atoms with Crippen molar-refractivity contribution < 1.29 is 24.5 Å². The maximum Gasteiger partial charge on any atom is 0.264 e. The first kappa shape index (κ1) is 15.7. The van der Waals surface area contributed by atoms with Gasteiger partial charge in [0, 0.05) is 0 Å². The van der Waals surface area contributed by atoms with Crippen LogP contribution in [0.1, 0.15) is 27.6 Å². The molecule has 0 spiro atoms. The van der Waals surface area contributed by atoms with Gasteiger partial charge in [-0.05, 0) is 19.1 Å². The van der Waals surface area contributed by atoms with Crippen molar-refractivity contribution in [1.29, 1.82) is 0 Å². The molecule has 1 aromatic rings. The Morgan fingerprint density at radius 3 is 2.41 bits per heavy atom. The molecule has 0 bridgehead atoms. The largest absolute Gasteiger partial charge is 0.569 e. The smallest absolute Gasteiger partial charge is 0.264 e. The molecule has 0 aliphatic carbocycles. The molecule has 118 valence electrons. The van der Waals surface area contributed by atoms with Gasteiger partial charge in [0.1, 0.15) is 0 Å². The van der Waals surface area contributed by atoms with Gasteiger partial charge in [-0.1, -0.05) is 12.1 Å². The number of carbonyl (C=O) groups excluding carboxylic acids is 2. The number of benzene rings is 1. The molecular weight excluding hydrogens is 292 g/mol. The third-order valence-electron chi connectivity index (χ3n) is 3.16. The summed E-state index contributed by atoms with van der Waals surface area (Å²) >= 11 is 0. The third kappa shape index (κ3) is 2.98. The molecule has 0 atom stereocenters. The summed E-state index contributed by atoms with van der Waals surface area (Å²) in [4.78, 5) is 29.9. The number of carbonyl (C=O) groups is 2. The van der Waals surface area contributed by atoms with E-state index in [4.69, 9.17) is 9.94 Å². The molecule has 0 unspecified atom stereocenters. The molecule has 0 saturated carbocycles. The summed E-state index contributed by atoms with van der Waals surface area (Å²) in [5.74, 6) is -0.980. The highest BCUT2D eigenvalue weighted by atomic mass is 16.7. The van der Waals surface area contributed by atoms with Crippen molar-refractivity contribution in [3.05, 3.63) is 40.6 Å². The van der Waals surface area contributed by atoms with E-state index < -0.39 is 18.5 Å². The van der Waals surface area contributed by atoms with Gasteiger partial charge in [-0.3, -0.25) is 9.59 Å². The SMILES string of the molecule is CCN(CCO)[N+]([O-])=NOCN1C(=O)c2ccccc2C1=O. The molecule has 0 radical (unpaired) electrons. The number of hydrogen-bond acceptors (Lipinski definition) is 6. The lowest BCUT2D eigenvalue weighted by Crippen LogP contribution is -2.34. The van der Waals surface area contributed by atoms with Crippen molar-refractivity contribution in [2.45, 2.75) is 6.92 Å². The highest BCUT2D eigenvalue weighted by Gasteiger charge is 2.35. The number of fused-ring (bicyclic) bond motifs is 1. The number of rotatable bonds is 7. The van der Waals surface area contributed by atoms with E-state index in [1.165, 1.54) is 5.01 Å². The number of likely N-dealkylation sites (N-methyl/N-ethyl adjacent to an activating group) is 1. The first-order valence-corrected chi connectivity index (χ1v) is 6.71. The average molecular weight is 308 g/mol. The minimum atomic E-state index is -0.490. The minimum Gasteiger partial charge on any atom is -0.569 e. The molecule has 9 nitrogen and oxygen atoms in total. The Bertz CT molecular complexity index is 569. The fourth-order valence-corrected chi connectivity index (χ4v) is 2.02. The standard InChI is InChI=1S/C13H16N4O5/c1-2-15(7-8-18)17(21)14-22-9-16-12(19)10-5-3-4-6-11(10)13(16)20/h3-6,18H,2,7-9H2,1H3. The molecule has 1 aliphatic heterocycles. The van der Waals surface area contributed by atoms with Crippen LogP contribution in [0.4, 0.5) is 0 Å². The molecule has 9 heteroatoms. The Balaban J connectivity index is 1.99. The van der Waals surface area contributed by atoms with E-state index in [1.807, 2.05) is 0 Å². The van der Waals surface area contributed by atoms with Crippen LogP contribution in [0.3, 0.4) is 0 Å². The van der Waals surface area contributed by atoms with Crippen LogP contribution >= 0.6 is 0 Å². The molecule has 0 saturated heterocycles. The second-order valence-electron chi connectivity index (χ2n) is 4.45. The first-order chi connectivity index (χ1) is 10.6. The minimum absolute atomic E-state index is 0.0971. The summed E-state index contributed by atoms with van der Waals surface area (Å²) < 4.78 is 0. The fourth-order valence-electron chi connectivity index (χ4n) is 2.02. The summed E-state index contributed by atoms with van der Waals surface area (Å²) in [5, 5.41) is 24.8. The van der Waals surface area contributed by atoms with Crippen LogP contribution < -0.4 is 0 Å². The van der Waals surface area contributed by atoms with Crippen LogP contribution in [0.15, 0.2) is 29.5 Å². The molecule has 2 amide bonds. The molecule has 1 aromatic carbocycles. The molecule has 0 fully saturated rings. The van der Waals surface area contributed by atoms with E-state index >= 15 is 0 Å². The van der Waals surface area contributed by atoms with Gasteiger partial charge in [-0.25, -0.2) is 4.90 Å². The number of hydrogen-bond donors (Lipinski definition) is 1. The molecule has 2 rings (SSSR count). The fraction of sp³-hybridized carbons (Fsp3) is 0.385. The zero-order chi connectivity index (χ0) is 16.1. The number of hydrazine groups is 1. The second kappa shape index (κ2) is 6.85. The number of aliphatic hydroxyl groups is 1. The predicted octanol–water partition coefficient (Wildman–Crippen LogP) is 0.363. The summed E-state index contributed by atoms with van der Waals surface area (Å²) in [6.45, 7) is 1.46. The number of aliphatic hydroxyl groups excluding tert-OH is 1. The molecule has 1 aliphatic rings. The summed E-state index contributed by atoms with van der Waals surface area (Å²) in [6.07, 6.45) is 0. The maximum atomic E-state index is 12.0. The topological polar surface area (TPSA) is 109 Å². The van der Waals surface area contributed by atoms with E-state index in [1.54, 1.807) is 31.2 Å². The van der Waals surface area contributed by atoms with Gasteiger partial charge in [-0.15, -0.1) is 5.01 Å². The Morgan fingerprint density at radius 1 is 1.32 bits per heavy atom. The van der Waals surface area contributed by atoms with Crippen molar-refractivity contribution >= 4 is 11.8 Å². The van der Waals surface area contributed by atoms with Gasteiger partial charge >= 0.3 is 0 Å². The van der Waals surface area contributed by atoms with Crippen LogP contribution in [0, 0.1) is 5.21 Å². The first-order valence-electron chi connectivity index (χ1n) is 6.71. The van der Waals surface area contributed by atoms with Crippen molar-refractivity contribution in [3.8, 4) is 0 Å². The Hall–Kier alpha value is -2.68. The predicted molar refractivity (Wildman–Crippen MR) is 73.3 cm³/mol. The van der Waals surface area contributed by atoms with Gasteiger partial charge in [0.2, 0.25) is 12.0 Å². The molecule has 1 heterocycles. The van der Waals surface area contributed by atoms with E-state index in [0.717, 1.165) is 4.90 Å². The number of nitrogens with zero attached hydrogens (tertiary/aromatic N) is 4. The molecule has 1 N–H and O–H groups in total. The third-order valence-corrected chi connectivity index (χ3v) is 3.16. The van der Waals surface area contributed by atoms with Crippen molar-refractivity contribution in [2.75, 3.05) is 26.4 Å². The van der Waals surface area contributed by atoms with Crippen LogP contribution in [0.5, 0.6) is 0 Å². The Kier molecular flexibility index (Phi) is 4.89. The molecule has 0 aromatic heterocycles. The average Bonchev–Trinajstić information content (AvgIpc) is 2.77. The van der Waals surface area contributed by atoms with Gasteiger partial charge < -0.3 is 15.2 Å². The summed E-state index contributed by atoms with van der Waals surface area (Å²) in [5.41, 5.74) is 0.594. The van der Waals surface area contributed by atoms with E-state index in [0.29, 0.717) is 17.7 Å². The highest BCUT2D eigenvalue weighted by Crippen LogP contribution is 2.22. The highest BCUT2D eigenvalue weighted by molar-refractivity contribution is 6.21. The van der Waals surface area contributed by atoms with Gasteiger partial charge in [0.05, 0.1) is 35.8 Å². The van der Waals surface area contributed by atoms with Crippen molar-refractivity contribution in [3.63, 3.8) is 0 Å². The molecule has 22 heavy (non-hydrogen) atoms. The molecular formula is C13H16N4O5. The normalized spacial score (nSPS) is 14.3. The van der Waals surface area contributed by atoms with Crippen molar-refractivity contribution in [2.24, 2.45) is 5.28 Å². The van der Waals surface area contributed by atoms with E-state index in [2.05, 4.69) is 5.28 Å². The van der Waals surface area contributed by atoms with Gasteiger partial charge in [-0.2, -0.15) is 0 Å². The zero-order valence-electron chi connectivity index (χ0n) is 12.0. The van der Waals surface area contributed by atoms with Gasteiger partial charge in [0.15, 0.2) is 0 Å². The van der Waals surface area contributed by atoms with Crippen LogP contribution in [-0.2, 0) is 4.84 Å². The lowest BCUT2D eigenvalue weighted by Gasteiger charge is -2.15. The number of imide groups is 1. The zero-order valence-corrected chi connectivity index (χ0v) is 12.0. The maximum absolute atomic E-state index is 12.0. The lowest BCUT2D eigenvalue weighted by atomic mass is 10.1. The summed E-state index contributed by atoms with van der Waals surface area (Å²) in [6, 6.07) is 6.41. The van der Waals surface area contributed by atoms with Crippen LogP contribution in [0.2, 0.25) is 0 Å². The second-order valence-corrected chi connectivity index (χ2v) is 4.45. The summed E-state index contributed by atoms with van der Waals surface area (Å²) in [7, 11) is 0. The van der Waals surface area contributed by atoms with Gasteiger partial charge in [0.25, 0.3) is 11.8 Å². The Morgan fingerprint density at radius 2 is 1.91 bits per heavy atom. The quantitative estimate of drug-likeness (QED) is 0.337. The van der Waals surface area contributed by atoms with E-state index in [9.17, 15) is 14.8 Å². The monoisotopic (exact) mass is 308 g/mol. The number of amides is 2. The lowest BCUT2D eigenvalue weighted by molar-refractivity contribution is -0.711. The Labute approximate surface area is 126 Å².